The molecule has 0 radical (unpaired) electrons. The van der Waals surface area contributed by atoms with Crippen molar-refractivity contribution >= 4 is 11.9 Å². The number of rotatable bonds is 3. The second-order valence-electron chi connectivity index (χ2n) is 4.83. The van der Waals surface area contributed by atoms with E-state index in [1.807, 2.05) is 0 Å². The van der Waals surface area contributed by atoms with Crippen molar-refractivity contribution in [2.45, 2.75) is 44.8 Å². The summed E-state index contributed by atoms with van der Waals surface area (Å²) < 4.78 is 5.18. The standard InChI is InChI=1S/C10H17NO4/c1-9(2,3)15-8(14)10(4-5-11-10)6-7(12)13/h11H,4-6H2,1-3H3,(H,12,13)/t10-/m0/s1. The molecule has 2 N–H and O–H groups in total. The zero-order valence-corrected chi connectivity index (χ0v) is 9.29. The second-order valence-corrected chi connectivity index (χ2v) is 4.83. The third-order valence-electron chi connectivity index (χ3n) is 2.26. The van der Waals surface area contributed by atoms with Gasteiger partial charge in [0.2, 0.25) is 0 Å². The number of esters is 1. The molecule has 1 saturated heterocycles. The van der Waals surface area contributed by atoms with E-state index in [4.69, 9.17) is 9.84 Å². The number of hydrogen-bond donors (Lipinski definition) is 2. The van der Waals surface area contributed by atoms with Gasteiger partial charge < -0.3 is 15.2 Å². The summed E-state index contributed by atoms with van der Waals surface area (Å²) in [7, 11) is 0. The average molecular weight is 215 g/mol. The minimum Gasteiger partial charge on any atom is -0.481 e. The summed E-state index contributed by atoms with van der Waals surface area (Å²) in [6.45, 7) is 5.95. The molecule has 1 rings (SSSR count). The zero-order valence-electron chi connectivity index (χ0n) is 9.29. The van der Waals surface area contributed by atoms with Crippen molar-refractivity contribution in [3.05, 3.63) is 0 Å². The van der Waals surface area contributed by atoms with E-state index >= 15 is 0 Å². The first-order valence-electron chi connectivity index (χ1n) is 4.95. The predicted molar refractivity (Wildman–Crippen MR) is 53.4 cm³/mol. The maximum atomic E-state index is 11.8. The number of carbonyl (C=O) groups is 2. The molecule has 0 unspecified atom stereocenters. The van der Waals surface area contributed by atoms with Crippen LogP contribution >= 0.6 is 0 Å². The number of aliphatic carboxylic acids is 1. The van der Waals surface area contributed by atoms with Gasteiger partial charge in [-0.25, -0.2) is 0 Å². The van der Waals surface area contributed by atoms with Gasteiger partial charge in [-0.3, -0.25) is 9.59 Å². The van der Waals surface area contributed by atoms with Crippen molar-refractivity contribution < 1.29 is 19.4 Å². The molecule has 1 heterocycles. The lowest BCUT2D eigenvalue weighted by Gasteiger charge is -2.41. The minimum absolute atomic E-state index is 0.220. The molecule has 0 aliphatic carbocycles. The molecule has 5 heteroatoms. The quantitative estimate of drug-likeness (QED) is 0.672. The fraction of sp³-hybridized carbons (Fsp3) is 0.800. The van der Waals surface area contributed by atoms with E-state index < -0.39 is 23.1 Å². The highest BCUT2D eigenvalue weighted by molar-refractivity contribution is 5.87. The van der Waals surface area contributed by atoms with Crippen molar-refractivity contribution in [3.8, 4) is 0 Å². The van der Waals surface area contributed by atoms with Crippen LogP contribution in [0.3, 0.4) is 0 Å². The Balaban J connectivity index is 2.66. The molecule has 5 nitrogen and oxygen atoms in total. The molecule has 1 fully saturated rings. The fourth-order valence-electron chi connectivity index (χ4n) is 1.46. The van der Waals surface area contributed by atoms with E-state index in [1.165, 1.54) is 0 Å². The van der Waals surface area contributed by atoms with Crippen molar-refractivity contribution in [2.24, 2.45) is 0 Å². The third-order valence-corrected chi connectivity index (χ3v) is 2.26. The van der Waals surface area contributed by atoms with Crippen LogP contribution in [0.2, 0.25) is 0 Å². The van der Waals surface area contributed by atoms with Crippen molar-refractivity contribution in [1.29, 1.82) is 0 Å². The number of nitrogens with one attached hydrogen (secondary N) is 1. The summed E-state index contributed by atoms with van der Waals surface area (Å²) in [6.07, 6.45) is 0.302. The Bertz CT molecular complexity index is 276. The van der Waals surface area contributed by atoms with E-state index in [-0.39, 0.29) is 6.42 Å². The van der Waals surface area contributed by atoms with Gasteiger partial charge in [0.05, 0.1) is 6.42 Å². The monoisotopic (exact) mass is 215 g/mol. The molecule has 0 aromatic heterocycles. The smallest absolute Gasteiger partial charge is 0.327 e. The summed E-state index contributed by atoms with van der Waals surface area (Å²) in [5, 5.41) is 11.6. The topological polar surface area (TPSA) is 75.6 Å². The first-order chi connectivity index (χ1) is 6.75. The van der Waals surface area contributed by atoms with Gasteiger partial charge in [0, 0.05) is 0 Å². The highest BCUT2D eigenvalue weighted by atomic mass is 16.6. The highest BCUT2D eigenvalue weighted by Crippen LogP contribution is 2.26. The summed E-state index contributed by atoms with van der Waals surface area (Å²) >= 11 is 0. The van der Waals surface area contributed by atoms with Crippen LogP contribution in [0.15, 0.2) is 0 Å². The lowest BCUT2D eigenvalue weighted by Crippen LogP contribution is -2.64. The van der Waals surface area contributed by atoms with Crippen molar-refractivity contribution in [3.63, 3.8) is 0 Å². The summed E-state index contributed by atoms with van der Waals surface area (Å²) in [5.41, 5.74) is -1.58. The fourth-order valence-corrected chi connectivity index (χ4v) is 1.46. The normalized spacial score (nSPS) is 25.5. The zero-order chi connectivity index (χ0) is 11.7. The largest absolute Gasteiger partial charge is 0.481 e. The number of carboxylic acids is 1. The number of carbonyl (C=O) groups excluding carboxylic acids is 1. The molecule has 15 heavy (non-hydrogen) atoms. The first-order valence-corrected chi connectivity index (χ1v) is 4.95. The number of hydrogen-bond acceptors (Lipinski definition) is 4. The summed E-state index contributed by atoms with van der Waals surface area (Å²) in [6, 6.07) is 0. The van der Waals surface area contributed by atoms with Crippen molar-refractivity contribution in [1.82, 2.24) is 5.32 Å². The molecule has 1 aliphatic heterocycles. The van der Waals surface area contributed by atoms with E-state index in [1.54, 1.807) is 20.8 Å². The molecule has 86 valence electrons. The first kappa shape index (κ1) is 12.0. The molecule has 0 aromatic carbocycles. The van der Waals surface area contributed by atoms with Gasteiger partial charge in [0.15, 0.2) is 0 Å². The van der Waals surface area contributed by atoms with Gasteiger partial charge in [-0.15, -0.1) is 0 Å². The molecule has 0 saturated carbocycles. The van der Waals surface area contributed by atoms with E-state index in [0.717, 1.165) is 0 Å². The highest BCUT2D eigenvalue weighted by Gasteiger charge is 2.48. The Labute approximate surface area is 88.8 Å². The molecule has 0 aromatic rings. The van der Waals surface area contributed by atoms with Gasteiger partial charge in [-0.05, 0) is 33.7 Å². The van der Waals surface area contributed by atoms with Gasteiger partial charge in [0.1, 0.15) is 11.1 Å². The van der Waals surface area contributed by atoms with Crippen LogP contribution in [-0.2, 0) is 14.3 Å². The van der Waals surface area contributed by atoms with E-state index in [2.05, 4.69) is 5.32 Å². The molecule has 0 spiro atoms. The van der Waals surface area contributed by atoms with Crippen LogP contribution in [0.1, 0.15) is 33.6 Å². The Morgan fingerprint density at radius 2 is 2.00 bits per heavy atom. The molecule has 0 amide bonds. The van der Waals surface area contributed by atoms with Crippen LogP contribution in [0.5, 0.6) is 0 Å². The third kappa shape index (κ3) is 2.92. The van der Waals surface area contributed by atoms with Gasteiger partial charge in [-0.1, -0.05) is 0 Å². The Kier molecular flexibility index (Phi) is 3.04. The van der Waals surface area contributed by atoms with E-state index in [9.17, 15) is 9.59 Å². The van der Waals surface area contributed by atoms with Crippen molar-refractivity contribution in [2.75, 3.05) is 6.54 Å². The van der Waals surface area contributed by atoms with Crippen LogP contribution in [0.4, 0.5) is 0 Å². The number of carboxylic acid groups (broad SMARTS) is 1. The maximum Gasteiger partial charge on any atom is 0.327 e. The van der Waals surface area contributed by atoms with Crippen LogP contribution in [0.25, 0.3) is 0 Å². The predicted octanol–water partition coefficient (Wildman–Crippen LogP) is 0.535. The lowest BCUT2D eigenvalue weighted by molar-refractivity contribution is -0.170. The lowest BCUT2D eigenvalue weighted by atomic mass is 9.84. The molecular formula is C10H17NO4. The Morgan fingerprint density at radius 1 is 1.47 bits per heavy atom. The molecule has 1 aliphatic rings. The van der Waals surface area contributed by atoms with Gasteiger partial charge >= 0.3 is 11.9 Å². The van der Waals surface area contributed by atoms with Crippen LogP contribution in [0, 0.1) is 0 Å². The molecular weight excluding hydrogens is 198 g/mol. The average Bonchev–Trinajstić information content (AvgIpc) is 1.92. The minimum atomic E-state index is -1.00. The second kappa shape index (κ2) is 3.81. The van der Waals surface area contributed by atoms with E-state index in [0.29, 0.717) is 13.0 Å². The van der Waals surface area contributed by atoms with Crippen LogP contribution in [-0.4, -0.2) is 34.7 Å². The summed E-state index contributed by atoms with van der Waals surface area (Å²) in [5.74, 6) is -1.46. The molecule has 1 atom stereocenters. The maximum absolute atomic E-state index is 11.8. The number of ether oxygens (including phenoxy) is 1. The summed E-state index contributed by atoms with van der Waals surface area (Å²) in [4.78, 5) is 22.4. The Hall–Kier alpha value is -1.10. The van der Waals surface area contributed by atoms with Gasteiger partial charge in [-0.2, -0.15) is 0 Å². The van der Waals surface area contributed by atoms with Crippen LogP contribution < -0.4 is 5.32 Å². The van der Waals surface area contributed by atoms with Gasteiger partial charge in [0.25, 0.3) is 0 Å². The Morgan fingerprint density at radius 3 is 2.27 bits per heavy atom. The molecule has 0 bridgehead atoms. The SMILES string of the molecule is CC(C)(C)OC(=O)[C@@]1(CC(=O)O)CCN1.